The van der Waals surface area contributed by atoms with E-state index in [9.17, 15) is 9.90 Å². The lowest BCUT2D eigenvalue weighted by Gasteiger charge is -2.21. The molecule has 0 aliphatic carbocycles. The van der Waals surface area contributed by atoms with Crippen molar-refractivity contribution in [3.63, 3.8) is 0 Å². The first-order valence-electron chi connectivity index (χ1n) is 7.41. The van der Waals surface area contributed by atoms with E-state index in [1.165, 1.54) is 11.3 Å². The Bertz CT molecular complexity index is 660. The lowest BCUT2D eigenvalue weighted by Crippen LogP contribution is -2.39. The number of benzene rings is 1. The van der Waals surface area contributed by atoms with E-state index in [-0.39, 0.29) is 6.03 Å². The van der Waals surface area contributed by atoms with Gasteiger partial charge in [0.05, 0.1) is 6.10 Å². The molecule has 1 heterocycles. The molecule has 2 N–H and O–H groups in total. The van der Waals surface area contributed by atoms with Crippen LogP contribution >= 0.6 is 22.9 Å². The Labute approximate surface area is 144 Å². The first-order chi connectivity index (χ1) is 11.0. The minimum Gasteiger partial charge on any atom is -0.392 e. The van der Waals surface area contributed by atoms with Gasteiger partial charge in [-0.05, 0) is 31.5 Å². The average molecular weight is 354 g/mol. The second kappa shape index (κ2) is 8.29. The molecule has 2 rings (SSSR count). The van der Waals surface area contributed by atoms with Gasteiger partial charge in [0.15, 0.2) is 5.13 Å². The number of urea groups is 1. The van der Waals surface area contributed by atoms with Crippen molar-refractivity contribution < 1.29 is 9.90 Å². The maximum Gasteiger partial charge on any atom is 0.323 e. The van der Waals surface area contributed by atoms with Crippen LogP contribution in [0.2, 0.25) is 5.02 Å². The molecule has 0 aliphatic heterocycles. The maximum atomic E-state index is 12.1. The minimum atomic E-state index is -0.560. The molecule has 0 fully saturated rings. The summed E-state index contributed by atoms with van der Waals surface area (Å²) in [7, 11) is 0. The molecule has 7 heteroatoms. The molecule has 0 radical (unpaired) electrons. The van der Waals surface area contributed by atoms with Crippen LogP contribution in [0.4, 0.5) is 9.93 Å². The minimum absolute atomic E-state index is 0.253. The first-order valence-corrected chi connectivity index (χ1v) is 8.60. The topological polar surface area (TPSA) is 65.5 Å². The predicted molar refractivity (Wildman–Crippen MR) is 94.3 cm³/mol. The Balaban J connectivity index is 1.97. The van der Waals surface area contributed by atoms with Crippen LogP contribution < -0.4 is 5.32 Å². The summed E-state index contributed by atoms with van der Waals surface area (Å²) in [4.78, 5) is 19.0. The Hall–Kier alpha value is -1.63. The summed E-state index contributed by atoms with van der Waals surface area (Å²) in [5, 5.41) is 13.4. The number of hydrogen-bond acceptors (Lipinski definition) is 4. The van der Waals surface area contributed by atoms with Gasteiger partial charge in [-0.15, -0.1) is 11.3 Å². The number of halogens is 1. The van der Waals surface area contributed by atoms with Gasteiger partial charge in [0.1, 0.15) is 0 Å². The lowest BCUT2D eigenvalue weighted by molar-refractivity contribution is 0.141. The third kappa shape index (κ3) is 5.49. The summed E-state index contributed by atoms with van der Waals surface area (Å²) in [6, 6.07) is 7.42. The predicted octanol–water partition coefficient (Wildman–Crippen LogP) is 3.62. The van der Waals surface area contributed by atoms with Crippen molar-refractivity contribution in [2.24, 2.45) is 0 Å². The van der Waals surface area contributed by atoms with Gasteiger partial charge in [-0.3, -0.25) is 5.32 Å². The number of amides is 2. The Morgan fingerprint density at radius 3 is 2.96 bits per heavy atom. The molecule has 0 spiro atoms. The molecule has 5 nitrogen and oxygen atoms in total. The van der Waals surface area contributed by atoms with Crippen LogP contribution in [-0.4, -0.2) is 40.2 Å². The molecule has 0 saturated heterocycles. The second-order valence-corrected chi connectivity index (χ2v) is 6.81. The highest BCUT2D eigenvalue weighted by Gasteiger charge is 2.15. The molecule has 0 aliphatic rings. The normalized spacial score (nSPS) is 12.0. The van der Waals surface area contributed by atoms with E-state index in [2.05, 4.69) is 10.3 Å². The van der Waals surface area contributed by atoms with Crippen LogP contribution in [0.5, 0.6) is 0 Å². The number of nitrogens with one attached hydrogen (secondary N) is 1. The highest BCUT2D eigenvalue weighted by Crippen LogP contribution is 2.22. The quantitative estimate of drug-likeness (QED) is 0.833. The van der Waals surface area contributed by atoms with Gasteiger partial charge in [0, 0.05) is 35.6 Å². The van der Waals surface area contributed by atoms with Crippen LogP contribution in [-0.2, 0) is 6.42 Å². The standard InChI is InChI=1S/C16H20ClN3O2S/c1-3-20(10-11(2)21)16(22)19-15-18-9-14(23-15)8-12-5-4-6-13(17)7-12/h4-7,9,11,21H,3,8,10H2,1-2H3,(H,18,19,22)/t11-/m0/s1. The molecule has 0 saturated carbocycles. The number of carbonyl (C=O) groups excluding carboxylic acids is 1. The molecule has 0 unspecified atom stereocenters. The maximum absolute atomic E-state index is 12.1. The van der Waals surface area contributed by atoms with Crippen molar-refractivity contribution in [3.05, 3.63) is 45.9 Å². The van der Waals surface area contributed by atoms with Crippen molar-refractivity contribution in [1.82, 2.24) is 9.88 Å². The van der Waals surface area contributed by atoms with E-state index in [1.807, 2.05) is 31.2 Å². The number of likely N-dealkylation sites (N-methyl/N-ethyl adjacent to an activating group) is 1. The molecule has 23 heavy (non-hydrogen) atoms. The van der Waals surface area contributed by atoms with Crippen LogP contribution in [0.15, 0.2) is 30.5 Å². The van der Waals surface area contributed by atoms with Gasteiger partial charge >= 0.3 is 6.03 Å². The molecule has 0 bridgehead atoms. The van der Waals surface area contributed by atoms with Gasteiger partial charge in [0.2, 0.25) is 0 Å². The van der Waals surface area contributed by atoms with Crippen LogP contribution in [0.1, 0.15) is 24.3 Å². The van der Waals surface area contributed by atoms with Crippen molar-refractivity contribution in [3.8, 4) is 0 Å². The number of hydrogen-bond donors (Lipinski definition) is 2. The van der Waals surface area contributed by atoms with Gasteiger partial charge in [-0.25, -0.2) is 9.78 Å². The van der Waals surface area contributed by atoms with Crippen LogP contribution in [0, 0.1) is 0 Å². The summed E-state index contributed by atoms with van der Waals surface area (Å²) in [5.74, 6) is 0. The van der Waals surface area contributed by atoms with Gasteiger partial charge in [-0.1, -0.05) is 23.7 Å². The summed E-state index contributed by atoms with van der Waals surface area (Å²) in [6.07, 6.45) is 1.92. The smallest absolute Gasteiger partial charge is 0.323 e. The number of thiazole rings is 1. The van der Waals surface area contributed by atoms with Crippen molar-refractivity contribution in [2.45, 2.75) is 26.4 Å². The highest BCUT2D eigenvalue weighted by atomic mass is 35.5. The van der Waals surface area contributed by atoms with Gasteiger partial charge in [0.25, 0.3) is 0 Å². The summed E-state index contributed by atoms with van der Waals surface area (Å²) in [6.45, 7) is 4.34. The fourth-order valence-electron chi connectivity index (χ4n) is 2.14. The summed E-state index contributed by atoms with van der Waals surface area (Å²) < 4.78 is 0. The molecule has 124 valence electrons. The largest absolute Gasteiger partial charge is 0.392 e. The van der Waals surface area contributed by atoms with Gasteiger partial charge < -0.3 is 10.0 Å². The number of rotatable bonds is 6. The number of carbonyl (C=O) groups is 1. The SMILES string of the molecule is CCN(C[C@H](C)O)C(=O)Nc1ncc(Cc2cccc(Cl)c2)s1. The zero-order valence-corrected chi connectivity index (χ0v) is 14.7. The third-order valence-corrected chi connectivity index (χ3v) is 4.34. The molecular weight excluding hydrogens is 334 g/mol. The Kier molecular flexibility index (Phi) is 6.38. The van der Waals surface area contributed by atoms with E-state index < -0.39 is 6.10 Å². The molecule has 2 aromatic rings. The van der Waals surface area contributed by atoms with Crippen LogP contribution in [0.3, 0.4) is 0 Å². The van der Waals surface area contributed by atoms with Gasteiger partial charge in [-0.2, -0.15) is 0 Å². The molecule has 2 amide bonds. The fourth-order valence-corrected chi connectivity index (χ4v) is 3.19. The van der Waals surface area contributed by atoms with Crippen molar-refractivity contribution >= 4 is 34.1 Å². The summed E-state index contributed by atoms with van der Waals surface area (Å²) >= 11 is 7.42. The van der Waals surface area contributed by atoms with E-state index >= 15 is 0 Å². The number of nitrogens with zero attached hydrogens (tertiary/aromatic N) is 2. The fraction of sp³-hybridized carbons (Fsp3) is 0.375. The molecule has 1 aromatic carbocycles. The van der Waals surface area contributed by atoms with E-state index in [4.69, 9.17) is 11.6 Å². The monoisotopic (exact) mass is 353 g/mol. The second-order valence-electron chi connectivity index (χ2n) is 5.26. The van der Waals surface area contributed by atoms with Crippen LogP contribution in [0.25, 0.3) is 0 Å². The van der Waals surface area contributed by atoms with E-state index in [1.54, 1.807) is 18.0 Å². The number of anilines is 1. The lowest BCUT2D eigenvalue weighted by atomic mass is 10.1. The summed E-state index contributed by atoms with van der Waals surface area (Å²) in [5.41, 5.74) is 1.10. The van der Waals surface area contributed by atoms with Crippen molar-refractivity contribution in [2.75, 3.05) is 18.4 Å². The number of aliphatic hydroxyl groups excluding tert-OH is 1. The molecule has 1 aromatic heterocycles. The van der Waals surface area contributed by atoms with E-state index in [0.717, 1.165) is 16.9 Å². The number of aromatic nitrogens is 1. The zero-order chi connectivity index (χ0) is 16.8. The Morgan fingerprint density at radius 2 is 2.30 bits per heavy atom. The molecular formula is C16H20ClN3O2S. The highest BCUT2D eigenvalue weighted by molar-refractivity contribution is 7.15. The zero-order valence-electron chi connectivity index (χ0n) is 13.1. The third-order valence-electron chi connectivity index (χ3n) is 3.19. The van der Waals surface area contributed by atoms with Crippen molar-refractivity contribution in [1.29, 1.82) is 0 Å². The Morgan fingerprint density at radius 1 is 1.52 bits per heavy atom. The van der Waals surface area contributed by atoms with E-state index in [0.29, 0.717) is 23.2 Å². The molecule has 1 atom stereocenters. The first kappa shape index (κ1) is 17.7. The number of aliphatic hydroxyl groups is 1. The average Bonchev–Trinajstić information content (AvgIpc) is 2.91.